The zero-order chi connectivity index (χ0) is 12.3. The zero-order valence-electron chi connectivity index (χ0n) is 9.82. The minimum Gasteiger partial charge on any atom is -0.326 e. The second-order valence-electron chi connectivity index (χ2n) is 4.02. The summed E-state index contributed by atoms with van der Waals surface area (Å²) >= 11 is 0. The Morgan fingerprint density at radius 1 is 1.38 bits per heavy atom. The van der Waals surface area contributed by atoms with E-state index in [1.54, 1.807) is 32.9 Å². The van der Waals surface area contributed by atoms with Gasteiger partial charge in [-0.05, 0) is 38.0 Å². The molecule has 5 heteroatoms. The Bertz CT molecular complexity index is 467. The maximum atomic E-state index is 12.0. The lowest BCUT2D eigenvalue weighted by Crippen LogP contribution is -2.30. The zero-order valence-corrected chi connectivity index (χ0v) is 10.6. The van der Waals surface area contributed by atoms with E-state index < -0.39 is 10.0 Å². The Kier molecular flexibility index (Phi) is 4.07. The molecule has 0 heterocycles. The maximum absolute atomic E-state index is 12.0. The SMILES string of the molecule is Cc1c(CN)cccc1S(=O)(=O)NC(C)C. The number of rotatable bonds is 4. The van der Waals surface area contributed by atoms with Gasteiger partial charge in [-0.3, -0.25) is 0 Å². The molecule has 16 heavy (non-hydrogen) atoms. The van der Waals surface area contributed by atoms with Crippen LogP contribution in [-0.4, -0.2) is 14.5 Å². The molecular formula is C11H18N2O2S. The molecule has 0 amide bonds. The number of benzene rings is 1. The molecule has 0 fully saturated rings. The van der Waals surface area contributed by atoms with Crippen molar-refractivity contribution in [1.29, 1.82) is 0 Å². The van der Waals surface area contributed by atoms with Gasteiger partial charge in [0.15, 0.2) is 0 Å². The molecule has 3 N–H and O–H groups in total. The Hall–Kier alpha value is -0.910. The highest BCUT2D eigenvalue weighted by atomic mass is 32.2. The van der Waals surface area contributed by atoms with Crippen molar-refractivity contribution in [3.63, 3.8) is 0 Å². The van der Waals surface area contributed by atoms with Crippen LogP contribution in [0.15, 0.2) is 23.1 Å². The van der Waals surface area contributed by atoms with Crippen LogP contribution in [0.5, 0.6) is 0 Å². The molecule has 0 bridgehead atoms. The molecule has 0 spiro atoms. The molecule has 0 radical (unpaired) electrons. The highest BCUT2D eigenvalue weighted by molar-refractivity contribution is 7.89. The van der Waals surface area contributed by atoms with Crippen LogP contribution < -0.4 is 10.5 Å². The van der Waals surface area contributed by atoms with Gasteiger partial charge in [0, 0.05) is 12.6 Å². The van der Waals surface area contributed by atoms with E-state index in [4.69, 9.17) is 5.73 Å². The quantitative estimate of drug-likeness (QED) is 0.831. The van der Waals surface area contributed by atoms with Gasteiger partial charge in [-0.1, -0.05) is 12.1 Å². The largest absolute Gasteiger partial charge is 0.326 e. The van der Waals surface area contributed by atoms with E-state index in [-0.39, 0.29) is 6.04 Å². The van der Waals surface area contributed by atoms with E-state index in [2.05, 4.69) is 4.72 Å². The molecule has 90 valence electrons. The van der Waals surface area contributed by atoms with Crippen LogP contribution in [0.3, 0.4) is 0 Å². The molecule has 1 aromatic carbocycles. The fraction of sp³-hybridized carbons (Fsp3) is 0.455. The van der Waals surface area contributed by atoms with Gasteiger partial charge in [0.2, 0.25) is 10.0 Å². The third kappa shape index (κ3) is 2.81. The standard InChI is InChI=1S/C11H18N2O2S/c1-8(2)13-16(14,15)11-6-4-5-10(7-12)9(11)3/h4-6,8,13H,7,12H2,1-3H3. The number of sulfonamides is 1. The lowest BCUT2D eigenvalue weighted by molar-refractivity contribution is 0.569. The predicted molar refractivity (Wildman–Crippen MR) is 64.5 cm³/mol. The molecule has 0 atom stereocenters. The predicted octanol–water partition coefficient (Wildman–Crippen LogP) is 1.14. The molecule has 0 saturated heterocycles. The van der Waals surface area contributed by atoms with E-state index in [0.29, 0.717) is 11.4 Å². The molecule has 0 aromatic heterocycles. The van der Waals surface area contributed by atoms with Gasteiger partial charge < -0.3 is 5.73 Å². The van der Waals surface area contributed by atoms with E-state index in [9.17, 15) is 8.42 Å². The Labute approximate surface area is 96.9 Å². The lowest BCUT2D eigenvalue weighted by atomic mass is 10.1. The van der Waals surface area contributed by atoms with Crippen LogP contribution in [0.1, 0.15) is 25.0 Å². The van der Waals surface area contributed by atoms with E-state index >= 15 is 0 Å². The maximum Gasteiger partial charge on any atom is 0.241 e. The second-order valence-corrected chi connectivity index (χ2v) is 5.70. The highest BCUT2D eigenvalue weighted by Gasteiger charge is 2.18. The fourth-order valence-corrected chi connectivity index (χ4v) is 3.09. The summed E-state index contributed by atoms with van der Waals surface area (Å²) in [6, 6.07) is 5.03. The van der Waals surface area contributed by atoms with Crippen molar-refractivity contribution < 1.29 is 8.42 Å². The molecule has 0 aliphatic heterocycles. The van der Waals surface area contributed by atoms with E-state index in [1.165, 1.54) is 0 Å². The average Bonchev–Trinajstić information content (AvgIpc) is 2.15. The molecule has 0 unspecified atom stereocenters. The Morgan fingerprint density at radius 2 is 2.00 bits per heavy atom. The average molecular weight is 242 g/mol. The molecular weight excluding hydrogens is 224 g/mol. The second kappa shape index (κ2) is 4.95. The summed E-state index contributed by atoms with van der Waals surface area (Å²) in [5.74, 6) is 0. The summed E-state index contributed by atoms with van der Waals surface area (Å²) < 4.78 is 26.5. The topological polar surface area (TPSA) is 72.2 Å². The van der Waals surface area contributed by atoms with Crippen LogP contribution in [0.25, 0.3) is 0 Å². The number of nitrogens with one attached hydrogen (secondary N) is 1. The first-order valence-electron chi connectivity index (χ1n) is 5.19. The molecule has 0 aliphatic rings. The monoisotopic (exact) mass is 242 g/mol. The van der Waals surface area contributed by atoms with Crippen molar-refractivity contribution in [2.45, 2.75) is 38.3 Å². The van der Waals surface area contributed by atoms with Gasteiger partial charge >= 0.3 is 0 Å². The van der Waals surface area contributed by atoms with Crippen molar-refractivity contribution in [3.05, 3.63) is 29.3 Å². The summed E-state index contributed by atoms with van der Waals surface area (Å²) in [6.07, 6.45) is 0. The van der Waals surface area contributed by atoms with Gasteiger partial charge in [-0.2, -0.15) is 0 Å². The number of hydrogen-bond donors (Lipinski definition) is 2. The summed E-state index contributed by atoms with van der Waals surface area (Å²) in [7, 11) is -3.43. The van der Waals surface area contributed by atoms with Crippen molar-refractivity contribution in [2.75, 3.05) is 0 Å². The van der Waals surface area contributed by atoms with Gasteiger partial charge in [-0.25, -0.2) is 13.1 Å². The van der Waals surface area contributed by atoms with Crippen LogP contribution in [0, 0.1) is 6.92 Å². The first-order chi connectivity index (χ1) is 7.38. The van der Waals surface area contributed by atoms with Crippen LogP contribution in [0.2, 0.25) is 0 Å². The summed E-state index contributed by atoms with van der Waals surface area (Å²) in [4.78, 5) is 0.309. The van der Waals surface area contributed by atoms with Crippen LogP contribution in [-0.2, 0) is 16.6 Å². The fourth-order valence-electron chi connectivity index (χ4n) is 1.55. The Morgan fingerprint density at radius 3 is 2.50 bits per heavy atom. The molecule has 0 aliphatic carbocycles. The molecule has 4 nitrogen and oxygen atoms in total. The summed E-state index contributed by atoms with van der Waals surface area (Å²) in [5, 5.41) is 0. The minimum absolute atomic E-state index is 0.120. The minimum atomic E-state index is -3.43. The highest BCUT2D eigenvalue weighted by Crippen LogP contribution is 2.18. The van der Waals surface area contributed by atoms with Gasteiger partial charge in [0.1, 0.15) is 0 Å². The van der Waals surface area contributed by atoms with Gasteiger partial charge in [-0.15, -0.1) is 0 Å². The normalized spacial score (nSPS) is 12.1. The van der Waals surface area contributed by atoms with Gasteiger partial charge in [0.25, 0.3) is 0 Å². The van der Waals surface area contributed by atoms with Crippen LogP contribution in [0.4, 0.5) is 0 Å². The summed E-state index contributed by atoms with van der Waals surface area (Å²) in [6.45, 7) is 5.70. The summed E-state index contributed by atoms with van der Waals surface area (Å²) in [5.41, 5.74) is 7.12. The molecule has 0 saturated carbocycles. The molecule has 1 aromatic rings. The van der Waals surface area contributed by atoms with E-state index in [1.807, 2.05) is 6.07 Å². The van der Waals surface area contributed by atoms with Crippen molar-refractivity contribution >= 4 is 10.0 Å². The van der Waals surface area contributed by atoms with E-state index in [0.717, 1.165) is 11.1 Å². The van der Waals surface area contributed by atoms with Crippen molar-refractivity contribution in [3.8, 4) is 0 Å². The Balaban J connectivity index is 3.23. The third-order valence-electron chi connectivity index (χ3n) is 2.30. The smallest absolute Gasteiger partial charge is 0.241 e. The molecule has 1 rings (SSSR count). The number of nitrogens with two attached hydrogens (primary N) is 1. The first kappa shape index (κ1) is 13.2. The third-order valence-corrected chi connectivity index (χ3v) is 4.10. The van der Waals surface area contributed by atoms with Crippen molar-refractivity contribution in [2.24, 2.45) is 5.73 Å². The number of hydrogen-bond acceptors (Lipinski definition) is 3. The first-order valence-corrected chi connectivity index (χ1v) is 6.67. The van der Waals surface area contributed by atoms with Crippen molar-refractivity contribution in [1.82, 2.24) is 4.72 Å². The lowest BCUT2D eigenvalue weighted by Gasteiger charge is -2.13. The van der Waals surface area contributed by atoms with Gasteiger partial charge in [0.05, 0.1) is 4.90 Å². The van der Waals surface area contributed by atoms with Crippen LogP contribution >= 0.6 is 0 Å².